The van der Waals surface area contributed by atoms with Crippen LogP contribution in [-0.4, -0.2) is 57.7 Å². The molecule has 2 fully saturated rings. The Morgan fingerprint density at radius 3 is 2.51 bits per heavy atom. The summed E-state index contributed by atoms with van der Waals surface area (Å²) in [5.41, 5.74) is 0.689. The Balaban J connectivity index is 1.72. The molecule has 0 bridgehead atoms. The van der Waals surface area contributed by atoms with E-state index in [0.717, 1.165) is 35.4 Å². The lowest BCUT2D eigenvalue weighted by Crippen LogP contribution is -2.45. The number of anilines is 1. The molecule has 9 heteroatoms. The highest BCUT2D eigenvalue weighted by Crippen LogP contribution is 2.44. The highest BCUT2D eigenvalue weighted by molar-refractivity contribution is 5.89. The Bertz CT molecular complexity index is 1230. The lowest BCUT2D eigenvalue weighted by Gasteiger charge is -2.32. The summed E-state index contributed by atoms with van der Waals surface area (Å²) in [7, 11) is 0. The number of rotatable bonds is 6. The fourth-order valence-electron chi connectivity index (χ4n) is 5.07. The molecule has 8 nitrogen and oxygen atoms in total. The van der Waals surface area contributed by atoms with E-state index in [0.29, 0.717) is 42.8 Å². The number of amides is 1. The molecule has 4 rings (SSSR count). The van der Waals surface area contributed by atoms with E-state index in [2.05, 4.69) is 0 Å². The highest BCUT2D eigenvalue weighted by atomic mass is 19.1. The molecule has 1 amide bonds. The van der Waals surface area contributed by atoms with Gasteiger partial charge < -0.3 is 19.6 Å². The number of carbonyl (C=O) groups excluding carboxylic acids is 1. The molecule has 1 saturated heterocycles. The van der Waals surface area contributed by atoms with Gasteiger partial charge in [-0.2, -0.15) is 0 Å². The molecular formula is C26H34FN3O5. The van der Waals surface area contributed by atoms with Crippen molar-refractivity contribution in [2.24, 2.45) is 0 Å². The molecule has 0 aromatic carbocycles. The van der Waals surface area contributed by atoms with Crippen LogP contribution in [0.2, 0.25) is 0 Å². The predicted octanol–water partition coefficient (Wildman–Crippen LogP) is 4.55. The number of aromatic nitrogens is 1. The van der Waals surface area contributed by atoms with Gasteiger partial charge in [0.2, 0.25) is 0 Å². The van der Waals surface area contributed by atoms with Crippen molar-refractivity contribution in [1.82, 2.24) is 9.30 Å². The number of fused-ring (bicyclic) bond motifs is 1. The minimum Gasteiger partial charge on any atom is -0.477 e. The predicted molar refractivity (Wildman–Crippen MR) is 131 cm³/mol. The van der Waals surface area contributed by atoms with Crippen molar-refractivity contribution >= 4 is 23.3 Å². The Morgan fingerprint density at radius 2 is 1.94 bits per heavy atom. The van der Waals surface area contributed by atoms with E-state index in [1.165, 1.54) is 6.07 Å². The molecule has 35 heavy (non-hydrogen) atoms. The summed E-state index contributed by atoms with van der Waals surface area (Å²) in [6.07, 6.45) is 4.01. The minimum absolute atomic E-state index is 0.126. The number of ether oxygens (including phenoxy) is 1. The largest absolute Gasteiger partial charge is 0.477 e. The van der Waals surface area contributed by atoms with Crippen LogP contribution in [-0.2, 0) is 4.74 Å². The van der Waals surface area contributed by atoms with Crippen molar-refractivity contribution in [2.75, 3.05) is 24.5 Å². The second-order valence-corrected chi connectivity index (χ2v) is 10.6. The summed E-state index contributed by atoms with van der Waals surface area (Å²) in [6, 6.07) is 1.34. The van der Waals surface area contributed by atoms with Crippen LogP contribution in [0.25, 0.3) is 5.52 Å². The monoisotopic (exact) mass is 487 g/mol. The molecule has 0 spiro atoms. The molecule has 1 N–H and O–H groups in total. The van der Waals surface area contributed by atoms with Gasteiger partial charge in [-0.05, 0) is 76.5 Å². The van der Waals surface area contributed by atoms with Crippen molar-refractivity contribution in [3.8, 4) is 0 Å². The van der Waals surface area contributed by atoms with Crippen LogP contribution in [0.15, 0.2) is 17.1 Å². The zero-order valence-electron chi connectivity index (χ0n) is 21.1. The average Bonchev–Trinajstić information content (AvgIpc) is 3.49. The molecule has 0 radical (unpaired) electrons. The first kappa shape index (κ1) is 25.0. The van der Waals surface area contributed by atoms with Gasteiger partial charge in [0, 0.05) is 19.6 Å². The Hall–Kier alpha value is -3.10. The molecule has 1 saturated carbocycles. The highest BCUT2D eigenvalue weighted by Gasteiger charge is 2.36. The third-order valence-electron chi connectivity index (χ3n) is 6.70. The number of hydrogen-bond donors (Lipinski definition) is 1. The molecule has 2 aliphatic rings. The van der Waals surface area contributed by atoms with E-state index in [1.54, 1.807) is 11.8 Å². The molecule has 190 valence electrons. The van der Waals surface area contributed by atoms with E-state index in [4.69, 9.17) is 4.74 Å². The summed E-state index contributed by atoms with van der Waals surface area (Å²) in [6.45, 7) is 10.8. The van der Waals surface area contributed by atoms with Gasteiger partial charge in [-0.3, -0.25) is 9.20 Å². The maximum atomic E-state index is 15.5. The number of hydrogen-bond acceptors (Lipinski definition) is 5. The number of carboxylic acid groups (broad SMARTS) is 1. The van der Waals surface area contributed by atoms with Gasteiger partial charge >= 0.3 is 12.1 Å². The smallest absolute Gasteiger partial charge is 0.410 e. The van der Waals surface area contributed by atoms with Gasteiger partial charge in [0.05, 0.1) is 23.4 Å². The van der Waals surface area contributed by atoms with Crippen LogP contribution >= 0.6 is 0 Å². The number of carbonyl (C=O) groups is 2. The summed E-state index contributed by atoms with van der Waals surface area (Å²) < 4.78 is 22.3. The topological polar surface area (TPSA) is 91.6 Å². The Kier molecular flexibility index (Phi) is 6.55. The summed E-state index contributed by atoms with van der Waals surface area (Å²) in [4.78, 5) is 41.0. The maximum absolute atomic E-state index is 15.5. The standard InChI is InChI=1S/C26H34FN3O5/c1-6-10-29(25(34)35-26(3,4)5)17-9-11-28(13-17)22-15(2)21-18(16-7-8-16)12-19(24(32)33)23(31)30(21)14-20(22)27/h12,14,16-17H,6-11,13H2,1-5H3,(H,32,33)/t17-/m0/s1. The van der Waals surface area contributed by atoms with Crippen LogP contribution < -0.4 is 10.5 Å². The second-order valence-electron chi connectivity index (χ2n) is 10.6. The third-order valence-corrected chi connectivity index (χ3v) is 6.70. The number of aryl methyl sites for hydroxylation is 1. The number of nitrogens with zero attached hydrogens (tertiary/aromatic N) is 3. The molecule has 1 aliphatic heterocycles. The third kappa shape index (κ3) is 4.86. The van der Waals surface area contributed by atoms with E-state index < -0.39 is 22.9 Å². The van der Waals surface area contributed by atoms with Gasteiger partial charge in [0.25, 0.3) is 5.56 Å². The van der Waals surface area contributed by atoms with E-state index in [9.17, 15) is 19.5 Å². The van der Waals surface area contributed by atoms with Gasteiger partial charge in [-0.25, -0.2) is 14.0 Å². The Labute approximate surface area is 204 Å². The first-order chi connectivity index (χ1) is 16.4. The van der Waals surface area contributed by atoms with Crippen LogP contribution in [0.1, 0.15) is 80.8 Å². The van der Waals surface area contributed by atoms with Crippen molar-refractivity contribution in [2.45, 2.75) is 77.9 Å². The zero-order valence-corrected chi connectivity index (χ0v) is 21.1. The Morgan fingerprint density at radius 1 is 1.26 bits per heavy atom. The first-order valence-corrected chi connectivity index (χ1v) is 12.3. The van der Waals surface area contributed by atoms with E-state index >= 15 is 4.39 Å². The van der Waals surface area contributed by atoms with Crippen molar-refractivity contribution in [1.29, 1.82) is 0 Å². The molecule has 1 aliphatic carbocycles. The minimum atomic E-state index is -1.31. The van der Waals surface area contributed by atoms with Crippen molar-refractivity contribution in [3.63, 3.8) is 0 Å². The number of halogens is 1. The van der Waals surface area contributed by atoms with Gasteiger partial charge in [0.15, 0.2) is 5.82 Å². The van der Waals surface area contributed by atoms with Gasteiger partial charge in [-0.1, -0.05) is 6.92 Å². The fraction of sp³-hybridized carbons (Fsp3) is 0.577. The molecule has 3 heterocycles. The van der Waals surface area contributed by atoms with Gasteiger partial charge in [0.1, 0.15) is 11.2 Å². The van der Waals surface area contributed by atoms with Gasteiger partial charge in [-0.15, -0.1) is 0 Å². The van der Waals surface area contributed by atoms with E-state index in [1.807, 2.05) is 32.6 Å². The maximum Gasteiger partial charge on any atom is 0.410 e. The quantitative estimate of drug-likeness (QED) is 0.643. The SMILES string of the molecule is CCCN(C(=O)OC(C)(C)C)[C@H]1CCN(c2c(F)cn3c(=O)c(C(=O)O)cc(C4CC4)c3c2C)C1. The second kappa shape index (κ2) is 9.17. The fourth-order valence-corrected chi connectivity index (χ4v) is 5.07. The number of aromatic carboxylic acids is 1. The zero-order chi connectivity index (χ0) is 25.7. The first-order valence-electron chi connectivity index (χ1n) is 12.3. The van der Waals surface area contributed by atoms with Crippen LogP contribution in [0.4, 0.5) is 14.9 Å². The van der Waals surface area contributed by atoms with Crippen LogP contribution in [0.5, 0.6) is 0 Å². The summed E-state index contributed by atoms with van der Waals surface area (Å²) in [5.74, 6) is -1.73. The van der Waals surface area contributed by atoms with Crippen LogP contribution in [0.3, 0.4) is 0 Å². The summed E-state index contributed by atoms with van der Waals surface area (Å²) >= 11 is 0. The molecule has 2 aromatic heterocycles. The van der Waals surface area contributed by atoms with E-state index in [-0.39, 0.29) is 23.6 Å². The molecule has 0 unspecified atom stereocenters. The molecule has 1 atom stereocenters. The number of pyridine rings is 2. The van der Waals surface area contributed by atoms with Crippen molar-refractivity contribution in [3.05, 3.63) is 45.1 Å². The normalized spacial score (nSPS) is 18.2. The average molecular weight is 488 g/mol. The van der Waals surface area contributed by atoms with Crippen LogP contribution in [0, 0.1) is 12.7 Å². The lowest BCUT2D eigenvalue weighted by molar-refractivity contribution is 0.0178. The molecule has 2 aromatic rings. The lowest BCUT2D eigenvalue weighted by atomic mass is 10.0. The molecular weight excluding hydrogens is 453 g/mol. The van der Waals surface area contributed by atoms with Crippen molar-refractivity contribution < 1.29 is 23.8 Å². The summed E-state index contributed by atoms with van der Waals surface area (Å²) in [5, 5.41) is 9.50. The number of carboxylic acids is 1.